The number of rotatable bonds is 7. The van der Waals surface area contributed by atoms with Gasteiger partial charge in [0.15, 0.2) is 0 Å². The van der Waals surface area contributed by atoms with Gasteiger partial charge in [0.25, 0.3) is 5.91 Å². The molecule has 0 radical (unpaired) electrons. The van der Waals surface area contributed by atoms with E-state index in [0.717, 1.165) is 0 Å². The van der Waals surface area contributed by atoms with Crippen LogP contribution in [0.15, 0.2) is 18.2 Å². The predicted molar refractivity (Wildman–Crippen MR) is 92.3 cm³/mol. The molecule has 0 spiro atoms. The Morgan fingerprint density at radius 1 is 1.40 bits per heavy atom. The second-order valence-corrected chi connectivity index (χ2v) is 7.90. The molecule has 0 aromatic heterocycles. The Morgan fingerprint density at radius 3 is 2.64 bits per heavy atom. The Balaban J connectivity index is 2.17. The minimum absolute atomic E-state index is 0.119. The molecular formula is C16H22N2O6S. The molecule has 1 aliphatic rings. The van der Waals surface area contributed by atoms with E-state index in [1.807, 2.05) is 0 Å². The van der Waals surface area contributed by atoms with Gasteiger partial charge in [-0.25, -0.2) is 13.2 Å². The van der Waals surface area contributed by atoms with Crippen molar-refractivity contribution in [2.45, 2.75) is 25.8 Å². The maximum Gasteiger partial charge on any atom is 0.326 e. The van der Waals surface area contributed by atoms with Crippen LogP contribution in [-0.2, 0) is 19.6 Å². The molecular weight excluding hydrogens is 348 g/mol. The van der Waals surface area contributed by atoms with Gasteiger partial charge in [0.1, 0.15) is 6.04 Å². The monoisotopic (exact) mass is 370 g/mol. The van der Waals surface area contributed by atoms with Crippen LogP contribution in [0, 0.1) is 6.92 Å². The topological polar surface area (TPSA) is 113 Å². The van der Waals surface area contributed by atoms with Gasteiger partial charge in [-0.2, -0.15) is 0 Å². The number of hydrogen-bond donors (Lipinski definition) is 2. The molecule has 1 unspecified atom stereocenters. The van der Waals surface area contributed by atoms with E-state index in [0.29, 0.717) is 29.8 Å². The number of carbonyl (C=O) groups excluding carboxylic acids is 1. The number of benzene rings is 1. The predicted octanol–water partition coefficient (Wildman–Crippen LogP) is 0.754. The second-order valence-electron chi connectivity index (χ2n) is 5.89. The van der Waals surface area contributed by atoms with Gasteiger partial charge in [-0.3, -0.25) is 9.10 Å². The van der Waals surface area contributed by atoms with Gasteiger partial charge in [-0.15, -0.1) is 0 Å². The van der Waals surface area contributed by atoms with E-state index in [4.69, 9.17) is 9.84 Å². The largest absolute Gasteiger partial charge is 0.480 e. The van der Waals surface area contributed by atoms with Gasteiger partial charge in [0.05, 0.1) is 11.4 Å². The first-order chi connectivity index (χ1) is 11.8. The van der Waals surface area contributed by atoms with E-state index in [-0.39, 0.29) is 18.8 Å². The zero-order valence-electron chi connectivity index (χ0n) is 14.2. The number of carboxylic acids is 1. The molecule has 0 aliphatic carbocycles. The fourth-order valence-electron chi connectivity index (χ4n) is 2.72. The first-order valence-electron chi connectivity index (χ1n) is 7.90. The quantitative estimate of drug-likeness (QED) is 0.732. The molecule has 2 N–H and O–H groups in total. The summed E-state index contributed by atoms with van der Waals surface area (Å²) in [5, 5.41) is 11.6. The van der Waals surface area contributed by atoms with Crippen LogP contribution in [0.3, 0.4) is 0 Å². The molecule has 1 atom stereocenters. The van der Waals surface area contributed by atoms with Crippen molar-refractivity contribution in [3.05, 3.63) is 29.3 Å². The molecule has 25 heavy (non-hydrogen) atoms. The molecule has 1 heterocycles. The average Bonchev–Trinajstić information content (AvgIpc) is 2.90. The minimum Gasteiger partial charge on any atom is -0.480 e. The number of ether oxygens (including phenoxy) is 1. The first-order valence-corrected chi connectivity index (χ1v) is 9.51. The fraction of sp³-hybridized carbons (Fsp3) is 0.500. The smallest absolute Gasteiger partial charge is 0.326 e. The number of carboxylic acid groups (broad SMARTS) is 1. The zero-order chi connectivity index (χ0) is 18.6. The van der Waals surface area contributed by atoms with Crippen molar-refractivity contribution >= 4 is 27.6 Å². The Bertz CT molecular complexity index is 762. The molecule has 138 valence electrons. The number of anilines is 1. The van der Waals surface area contributed by atoms with E-state index in [1.165, 1.54) is 17.5 Å². The van der Waals surface area contributed by atoms with Gasteiger partial charge in [-0.05, 0) is 37.1 Å². The SMILES string of the molecule is COCCC(NC(=O)c1ccc(N2CCCS2(=O)=O)cc1C)C(=O)O. The van der Waals surface area contributed by atoms with Gasteiger partial charge in [0.2, 0.25) is 10.0 Å². The lowest BCUT2D eigenvalue weighted by molar-refractivity contribution is -0.139. The standard InChI is InChI=1S/C16H22N2O6S/c1-11-10-12(18-7-3-9-25(18,22)23)4-5-13(11)15(19)17-14(16(20)21)6-8-24-2/h4-5,10,14H,3,6-9H2,1-2H3,(H,17,19)(H,20,21). The number of carbonyl (C=O) groups is 2. The molecule has 1 aliphatic heterocycles. The summed E-state index contributed by atoms with van der Waals surface area (Å²) in [6.45, 7) is 2.32. The van der Waals surface area contributed by atoms with Gasteiger partial charge < -0.3 is 15.2 Å². The highest BCUT2D eigenvalue weighted by atomic mass is 32.2. The molecule has 1 aromatic rings. The molecule has 9 heteroatoms. The van der Waals surface area contributed by atoms with Crippen molar-refractivity contribution in [2.75, 3.05) is 30.3 Å². The number of amides is 1. The minimum atomic E-state index is -3.29. The Kier molecular flexibility index (Phi) is 6.02. The van der Waals surface area contributed by atoms with Crippen LogP contribution in [0.25, 0.3) is 0 Å². The Hall–Kier alpha value is -2.13. The highest BCUT2D eigenvalue weighted by molar-refractivity contribution is 7.93. The third kappa shape index (κ3) is 4.49. The Labute approximate surface area is 146 Å². The number of nitrogens with one attached hydrogen (secondary N) is 1. The summed E-state index contributed by atoms with van der Waals surface area (Å²) in [6, 6.07) is 3.66. The number of aryl methyl sites for hydroxylation is 1. The van der Waals surface area contributed by atoms with Crippen molar-refractivity contribution in [1.82, 2.24) is 5.32 Å². The van der Waals surface area contributed by atoms with Crippen molar-refractivity contribution in [3.63, 3.8) is 0 Å². The number of nitrogens with zero attached hydrogens (tertiary/aromatic N) is 1. The maximum atomic E-state index is 12.4. The summed E-state index contributed by atoms with van der Waals surface area (Å²) in [5.74, 6) is -1.53. The lowest BCUT2D eigenvalue weighted by atomic mass is 10.1. The third-order valence-corrected chi connectivity index (χ3v) is 5.93. The van der Waals surface area contributed by atoms with Crippen molar-refractivity contribution in [1.29, 1.82) is 0 Å². The fourth-order valence-corrected chi connectivity index (χ4v) is 4.27. The molecule has 1 saturated heterocycles. The van der Waals surface area contributed by atoms with Crippen molar-refractivity contribution in [3.8, 4) is 0 Å². The van der Waals surface area contributed by atoms with Crippen LogP contribution in [-0.4, -0.2) is 57.5 Å². The maximum absolute atomic E-state index is 12.4. The highest BCUT2D eigenvalue weighted by Gasteiger charge is 2.29. The van der Waals surface area contributed by atoms with Crippen LogP contribution < -0.4 is 9.62 Å². The third-order valence-electron chi connectivity index (χ3n) is 4.06. The van der Waals surface area contributed by atoms with Crippen LogP contribution in [0.5, 0.6) is 0 Å². The summed E-state index contributed by atoms with van der Waals surface area (Å²) in [5.41, 5.74) is 1.40. The summed E-state index contributed by atoms with van der Waals surface area (Å²) >= 11 is 0. The summed E-state index contributed by atoms with van der Waals surface area (Å²) < 4.78 is 30.1. The lowest BCUT2D eigenvalue weighted by Gasteiger charge is -2.19. The average molecular weight is 370 g/mol. The Morgan fingerprint density at radius 2 is 2.12 bits per heavy atom. The van der Waals surface area contributed by atoms with Crippen LogP contribution in [0.4, 0.5) is 5.69 Å². The molecule has 0 saturated carbocycles. The molecule has 2 rings (SSSR count). The van der Waals surface area contributed by atoms with Gasteiger partial charge >= 0.3 is 5.97 Å². The second kappa shape index (κ2) is 7.83. The van der Waals surface area contributed by atoms with E-state index in [1.54, 1.807) is 19.1 Å². The van der Waals surface area contributed by atoms with E-state index < -0.39 is 27.9 Å². The van der Waals surface area contributed by atoms with Crippen molar-refractivity contribution in [2.24, 2.45) is 0 Å². The number of sulfonamides is 1. The normalized spacial score (nSPS) is 17.3. The lowest BCUT2D eigenvalue weighted by Crippen LogP contribution is -2.41. The first kappa shape index (κ1) is 19.2. The van der Waals surface area contributed by atoms with Gasteiger partial charge in [0, 0.05) is 32.2 Å². The number of aliphatic carboxylic acids is 1. The van der Waals surface area contributed by atoms with E-state index in [2.05, 4.69) is 5.32 Å². The molecule has 1 fully saturated rings. The zero-order valence-corrected chi connectivity index (χ0v) is 15.0. The molecule has 1 aromatic carbocycles. The van der Waals surface area contributed by atoms with Crippen LogP contribution >= 0.6 is 0 Å². The van der Waals surface area contributed by atoms with E-state index in [9.17, 15) is 18.0 Å². The van der Waals surface area contributed by atoms with Crippen LogP contribution in [0.2, 0.25) is 0 Å². The number of methoxy groups -OCH3 is 1. The molecule has 8 nitrogen and oxygen atoms in total. The molecule has 1 amide bonds. The van der Waals surface area contributed by atoms with Crippen molar-refractivity contribution < 1.29 is 27.9 Å². The summed E-state index contributed by atoms with van der Waals surface area (Å²) in [7, 11) is -1.83. The summed E-state index contributed by atoms with van der Waals surface area (Å²) in [6.07, 6.45) is 0.726. The van der Waals surface area contributed by atoms with E-state index >= 15 is 0 Å². The molecule has 0 bridgehead atoms. The van der Waals surface area contributed by atoms with Crippen LogP contribution in [0.1, 0.15) is 28.8 Å². The summed E-state index contributed by atoms with van der Waals surface area (Å²) in [4.78, 5) is 23.6. The van der Waals surface area contributed by atoms with Gasteiger partial charge in [-0.1, -0.05) is 0 Å². The number of hydrogen-bond acceptors (Lipinski definition) is 5. The highest BCUT2D eigenvalue weighted by Crippen LogP contribution is 2.26.